The van der Waals surface area contributed by atoms with Gasteiger partial charge in [0, 0.05) is 0 Å². The molecule has 1 saturated heterocycles. The number of fused-ring (bicyclic) bond motifs is 1. The Morgan fingerprint density at radius 2 is 2.33 bits per heavy atom. The molecule has 0 radical (unpaired) electrons. The molecule has 2 aliphatic rings. The molecule has 0 unspecified atom stereocenters. The van der Waals surface area contributed by atoms with E-state index < -0.39 is 0 Å². The van der Waals surface area contributed by atoms with Gasteiger partial charge >= 0.3 is 5.97 Å². The second kappa shape index (κ2) is 2.73. The Morgan fingerprint density at radius 1 is 1.58 bits per heavy atom. The predicted molar refractivity (Wildman–Crippen MR) is 42.3 cm³/mol. The van der Waals surface area contributed by atoms with E-state index in [1.54, 1.807) is 0 Å². The molecular formula is C9H14O3. The number of cyclic esters (lactones) is 1. The van der Waals surface area contributed by atoms with E-state index in [1.807, 2.05) is 6.92 Å². The number of carbonyl (C=O) groups excluding carboxylic acids is 1. The van der Waals surface area contributed by atoms with Crippen LogP contribution in [0.2, 0.25) is 0 Å². The Labute approximate surface area is 71.7 Å². The predicted octanol–water partition coefficient (Wildman–Crippen LogP) is 0.566. The van der Waals surface area contributed by atoms with Crippen molar-refractivity contribution in [2.24, 2.45) is 17.8 Å². The normalized spacial score (nSPS) is 47.0. The first kappa shape index (κ1) is 8.05. The van der Waals surface area contributed by atoms with Crippen molar-refractivity contribution >= 4 is 5.97 Å². The molecule has 2 rings (SSSR count). The lowest BCUT2D eigenvalue weighted by Crippen LogP contribution is -2.32. The number of hydrogen-bond acceptors (Lipinski definition) is 3. The molecule has 1 N–H and O–H groups in total. The molecule has 3 heteroatoms. The fourth-order valence-electron chi connectivity index (χ4n) is 2.45. The summed E-state index contributed by atoms with van der Waals surface area (Å²) in [7, 11) is 0. The van der Waals surface area contributed by atoms with Gasteiger partial charge in [0.1, 0.15) is 0 Å². The molecule has 0 aromatic heterocycles. The summed E-state index contributed by atoms with van der Waals surface area (Å²) in [6.45, 7) is 2.47. The molecule has 0 aromatic rings. The molecular weight excluding hydrogens is 156 g/mol. The quantitative estimate of drug-likeness (QED) is 0.540. The maximum absolute atomic E-state index is 11.3. The smallest absolute Gasteiger partial charge is 0.309 e. The highest BCUT2D eigenvalue weighted by Gasteiger charge is 2.46. The van der Waals surface area contributed by atoms with Gasteiger partial charge in [0.15, 0.2) is 0 Å². The molecule has 1 aliphatic carbocycles. The number of aliphatic hydroxyl groups excluding tert-OH is 1. The lowest BCUT2D eigenvalue weighted by Gasteiger charge is -2.25. The van der Waals surface area contributed by atoms with Crippen molar-refractivity contribution in [2.45, 2.75) is 25.9 Å². The molecule has 0 spiro atoms. The van der Waals surface area contributed by atoms with Gasteiger partial charge in [-0.15, -0.1) is 0 Å². The van der Waals surface area contributed by atoms with Gasteiger partial charge in [-0.3, -0.25) is 4.79 Å². The molecule has 3 nitrogen and oxygen atoms in total. The Hall–Kier alpha value is -0.570. The first-order valence-electron chi connectivity index (χ1n) is 4.55. The van der Waals surface area contributed by atoms with Crippen LogP contribution in [-0.2, 0) is 9.53 Å². The standard InChI is InChI=1S/C9H14O3/c1-5-7(10)4-6-2-3-12-9(11)8(5)6/h5-8,10H,2-4H2,1H3/t5-,6-,7+,8+/m0/s1. The first-order valence-corrected chi connectivity index (χ1v) is 4.55. The highest BCUT2D eigenvalue weighted by Crippen LogP contribution is 2.41. The van der Waals surface area contributed by atoms with E-state index in [4.69, 9.17) is 4.74 Å². The summed E-state index contributed by atoms with van der Waals surface area (Å²) < 4.78 is 4.96. The van der Waals surface area contributed by atoms with E-state index in [2.05, 4.69) is 0 Å². The lowest BCUT2D eigenvalue weighted by molar-refractivity contribution is -0.157. The highest BCUT2D eigenvalue weighted by atomic mass is 16.5. The number of hydrogen-bond donors (Lipinski definition) is 1. The average Bonchev–Trinajstić information content (AvgIpc) is 2.29. The van der Waals surface area contributed by atoms with E-state index in [0.29, 0.717) is 12.5 Å². The minimum Gasteiger partial charge on any atom is -0.465 e. The van der Waals surface area contributed by atoms with Gasteiger partial charge in [0.25, 0.3) is 0 Å². The zero-order chi connectivity index (χ0) is 8.72. The van der Waals surface area contributed by atoms with Gasteiger partial charge in [-0.25, -0.2) is 0 Å². The van der Waals surface area contributed by atoms with Gasteiger partial charge in [0.2, 0.25) is 0 Å². The summed E-state index contributed by atoms with van der Waals surface area (Å²) in [5, 5.41) is 9.54. The average molecular weight is 170 g/mol. The van der Waals surface area contributed by atoms with Crippen molar-refractivity contribution in [3.8, 4) is 0 Å². The summed E-state index contributed by atoms with van der Waals surface area (Å²) in [5.74, 6) is 0.322. The minimum absolute atomic E-state index is 0.0336. The molecule has 0 bridgehead atoms. The van der Waals surface area contributed by atoms with E-state index in [0.717, 1.165) is 12.8 Å². The van der Waals surface area contributed by atoms with Gasteiger partial charge in [-0.2, -0.15) is 0 Å². The Morgan fingerprint density at radius 3 is 3.00 bits per heavy atom. The van der Waals surface area contributed by atoms with Crippen LogP contribution in [0.5, 0.6) is 0 Å². The molecule has 4 atom stereocenters. The number of ether oxygens (including phenoxy) is 1. The molecule has 1 aliphatic heterocycles. The number of rotatable bonds is 0. The van der Waals surface area contributed by atoms with E-state index in [9.17, 15) is 9.90 Å². The summed E-state index contributed by atoms with van der Waals surface area (Å²) in [6, 6.07) is 0. The molecule has 0 amide bonds. The van der Waals surface area contributed by atoms with Crippen molar-refractivity contribution in [2.75, 3.05) is 6.61 Å². The topological polar surface area (TPSA) is 46.5 Å². The second-order valence-electron chi connectivity index (χ2n) is 3.90. The van der Waals surface area contributed by atoms with Crippen molar-refractivity contribution in [3.63, 3.8) is 0 Å². The van der Waals surface area contributed by atoms with Crippen LogP contribution in [0, 0.1) is 17.8 Å². The minimum atomic E-state index is -0.300. The molecule has 0 aromatic carbocycles. The summed E-state index contributed by atoms with van der Waals surface area (Å²) in [6.07, 6.45) is 1.41. The number of esters is 1. The van der Waals surface area contributed by atoms with Crippen LogP contribution in [0.1, 0.15) is 19.8 Å². The largest absolute Gasteiger partial charge is 0.465 e. The third kappa shape index (κ3) is 1.04. The van der Waals surface area contributed by atoms with Crippen LogP contribution < -0.4 is 0 Å². The number of aliphatic hydroxyl groups is 1. The first-order chi connectivity index (χ1) is 5.70. The van der Waals surface area contributed by atoms with Crippen LogP contribution in [-0.4, -0.2) is 23.8 Å². The zero-order valence-electron chi connectivity index (χ0n) is 7.19. The Kier molecular flexibility index (Phi) is 1.83. The molecule has 12 heavy (non-hydrogen) atoms. The van der Waals surface area contributed by atoms with Crippen LogP contribution in [0.15, 0.2) is 0 Å². The third-order valence-electron chi connectivity index (χ3n) is 3.23. The summed E-state index contributed by atoms with van der Waals surface area (Å²) in [4.78, 5) is 11.3. The fraction of sp³-hybridized carbons (Fsp3) is 0.889. The van der Waals surface area contributed by atoms with Crippen LogP contribution in [0.4, 0.5) is 0 Å². The highest BCUT2D eigenvalue weighted by molar-refractivity contribution is 5.74. The van der Waals surface area contributed by atoms with Crippen molar-refractivity contribution in [1.29, 1.82) is 0 Å². The summed E-state index contributed by atoms with van der Waals surface area (Å²) in [5.41, 5.74) is 0. The molecule has 1 heterocycles. The van der Waals surface area contributed by atoms with Crippen molar-refractivity contribution < 1.29 is 14.6 Å². The van der Waals surface area contributed by atoms with Gasteiger partial charge in [-0.05, 0) is 24.7 Å². The number of carbonyl (C=O) groups is 1. The van der Waals surface area contributed by atoms with Crippen molar-refractivity contribution in [3.05, 3.63) is 0 Å². The van der Waals surface area contributed by atoms with E-state index in [-0.39, 0.29) is 23.9 Å². The molecule has 2 fully saturated rings. The third-order valence-corrected chi connectivity index (χ3v) is 3.23. The summed E-state index contributed by atoms with van der Waals surface area (Å²) >= 11 is 0. The Balaban J connectivity index is 2.17. The van der Waals surface area contributed by atoms with Crippen molar-refractivity contribution in [1.82, 2.24) is 0 Å². The zero-order valence-corrected chi connectivity index (χ0v) is 7.19. The van der Waals surface area contributed by atoms with E-state index in [1.165, 1.54) is 0 Å². The van der Waals surface area contributed by atoms with Gasteiger partial charge < -0.3 is 9.84 Å². The fourth-order valence-corrected chi connectivity index (χ4v) is 2.45. The molecule has 1 saturated carbocycles. The van der Waals surface area contributed by atoms with Crippen LogP contribution in [0.3, 0.4) is 0 Å². The Bertz CT molecular complexity index is 202. The maximum Gasteiger partial charge on any atom is 0.309 e. The van der Waals surface area contributed by atoms with Gasteiger partial charge in [-0.1, -0.05) is 6.92 Å². The monoisotopic (exact) mass is 170 g/mol. The van der Waals surface area contributed by atoms with E-state index >= 15 is 0 Å². The molecule has 68 valence electrons. The maximum atomic E-state index is 11.3. The van der Waals surface area contributed by atoms with Gasteiger partial charge in [0.05, 0.1) is 18.6 Å². The second-order valence-corrected chi connectivity index (χ2v) is 3.90. The van der Waals surface area contributed by atoms with Crippen LogP contribution >= 0.6 is 0 Å². The van der Waals surface area contributed by atoms with Crippen LogP contribution in [0.25, 0.3) is 0 Å². The SMILES string of the molecule is C[C@@H]1[C@H]2C(=O)OCC[C@H]2C[C@H]1O. The lowest BCUT2D eigenvalue weighted by atomic mass is 9.87.